The number of carbonyl (C=O) groups excluding carboxylic acids is 2. The van der Waals surface area contributed by atoms with E-state index in [-0.39, 0.29) is 24.5 Å². The van der Waals surface area contributed by atoms with Crippen molar-refractivity contribution in [2.24, 2.45) is 0 Å². The number of halogens is 1. The first kappa shape index (κ1) is 18.0. The van der Waals surface area contributed by atoms with Gasteiger partial charge in [0.2, 0.25) is 5.91 Å². The average molecular weight is 368 g/mol. The molecule has 3 nitrogen and oxygen atoms in total. The van der Waals surface area contributed by atoms with Gasteiger partial charge in [0.05, 0.1) is 4.88 Å². The number of nitrogens with one attached hydrogen (secondary N) is 1. The Bertz CT molecular complexity index is 667. The van der Waals surface area contributed by atoms with Crippen molar-refractivity contribution >= 4 is 46.4 Å². The Kier molecular flexibility index (Phi) is 7.15. The molecule has 0 radical (unpaired) electrons. The lowest BCUT2D eigenvalue weighted by Gasteiger charge is -2.05. The lowest BCUT2D eigenvalue weighted by atomic mass is 10.2. The van der Waals surface area contributed by atoms with Crippen LogP contribution in [-0.4, -0.2) is 24.0 Å². The molecule has 0 saturated heterocycles. The van der Waals surface area contributed by atoms with Gasteiger partial charge in [-0.2, -0.15) is 0 Å². The second-order valence-corrected chi connectivity index (χ2v) is 7.88. The zero-order chi connectivity index (χ0) is 16.7. The maximum absolute atomic E-state index is 11.9. The van der Waals surface area contributed by atoms with Crippen molar-refractivity contribution in [1.82, 2.24) is 5.32 Å². The van der Waals surface area contributed by atoms with Gasteiger partial charge in [-0.15, -0.1) is 23.1 Å². The predicted molar refractivity (Wildman–Crippen MR) is 97.8 cm³/mol. The third-order valence-corrected chi connectivity index (χ3v) is 5.41. The van der Waals surface area contributed by atoms with Gasteiger partial charge in [0.25, 0.3) is 0 Å². The molecule has 1 heterocycles. The fourth-order valence-corrected chi connectivity index (χ4v) is 3.64. The highest BCUT2D eigenvalue weighted by molar-refractivity contribution is 7.99. The van der Waals surface area contributed by atoms with Crippen molar-refractivity contribution in [2.75, 3.05) is 12.3 Å². The Morgan fingerprint density at radius 2 is 1.87 bits per heavy atom. The first-order valence-electron chi connectivity index (χ1n) is 7.29. The van der Waals surface area contributed by atoms with E-state index in [1.807, 2.05) is 43.3 Å². The monoisotopic (exact) mass is 367 g/mol. The van der Waals surface area contributed by atoms with Crippen LogP contribution in [0.3, 0.4) is 0 Å². The van der Waals surface area contributed by atoms with Gasteiger partial charge >= 0.3 is 0 Å². The number of thioether (sulfide) groups is 1. The van der Waals surface area contributed by atoms with E-state index >= 15 is 0 Å². The number of ketones is 1. The van der Waals surface area contributed by atoms with Gasteiger partial charge in [0.15, 0.2) is 5.78 Å². The predicted octanol–water partition coefficient (Wildman–Crippen LogP) is 4.58. The topological polar surface area (TPSA) is 46.2 Å². The van der Waals surface area contributed by atoms with Gasteiger partial charge in [-0.05, 0) is 43.3 Å². The number of rotatable bonds is 8. The molecule has 0 unspecified atom stereocenters. The van der Waals surface area contributed by atoms with Gasteiger partial charge in [-0.1, -0.05) is 11.6 Å². The molecule has 2 aromatic rings. The van der Waals surface area contributed by atoms with Crippen LogP contribution in [0.1, 0.15) is 27.4 Å². The molecule has 0 saturated carbocycles. The maximum Gasteiger partial charge on any atom is 0.220 e. The number of aryl methyl sites for hydroxylation is 1. The molecule has 1 amide bonds. The fraction of sp³-hybridized carbons (Fsp3) is 0.294. The van der Waals surface area contributed by atoms with Crippen LogP contribution in [0, 0.1) is 6.92 Å². The molecule has 1 N–H and O–H groups in total. The second kappa shape index (κ2) is 9.11. The van der Waals surface area contributed by atoms with Crippen molar-refractivity contribution in [1.29, 1.82) is 0 Å². The molecule has 23 heavy (non-hydrogen) atoms. The number of carbonyl (C=O) groups is 2. The Balaban J connectivity index is 1.61. The number of Topliss-reactive ketones (excluding diaryl/α,β-unsaturated/α-hetero) is 1. The number of benzene rings is 1. The van der Waals surface area contributed by atoms with E-state index < -0.39 is 0 Å². The molecule has 0 fully saturated rings. The van der Waals surface area contributed by atoms with Crippen LogP contribution in [0.5, 0.6) is 0 Å². The summed E-state index contributed by atoms with van der Waals surface area (Å²) in [6, 6.07) is 11.3. The fourth-order valence-electron chi connectivity index (χ4n) is 1.91. The normalized spacial score (nSPS) is 10.5. The number of hydrogen-bond acceptors (Lipinski definition) is 4. The average Bonchev–Trinajstić information content (AvgIpc) is 2.97. The molecule has 0 spiro atoms. The van der Waals surface area contributed by atoms with Crippen molar-refractivity contribution in [2.45, 2.75) is 24.7 Å². The molecule has 1 aromatic heterocycles. The molecule has 0 aliphatic carbocycles. The third-order valence-electron chi connectivity index (χ3n) is 3.10. The summed E-state index contributed by atoms with van der Waals surface area (Å²) in [4.78, 5) is 26.6. The van der Waals surface area contributed by atoms with Crippen LogP contribution in [0.4, 0.5) is 0 Å². The van der Waals surface area contributed by atoms with Gasteiger partial charge in [-0.3, -0.25) is 9.59 Å². The minimum atomic E-state index is -0.0802. The first-order chi connectivity index (χ1) is 11.0. The minimum Gasteiger partial charge on any atom is -0.355 e. The second-order valence-electron chi connectivity index (χ2n) is 4.99. The Labute approximate surface area is 149 Å². The van der Waals surface area contributed by atoms with Crippen molar-refractivity contribution < 1.29 is 9.59 Å². The lowest BCUT2D eigenvalue weighted by Crippen LogP contribution is -2.26. The highest BCUT2D eigenvalue weighted by Gasteiger charge is 2.10. The molecule has 122 valence electrons. The Hall–Kier alpha value is -1.30. The summed E-state index contributed by atoms with van der Waals surface area (Å²) in [5.41, 5.74) is 0. The largest absolute Gasteiger partial charge is 0.355 e. The van der Waals surface area contributed by atoms with E-state index in [1.165, 1.54) is 11.3 Å². The molecular weight excluding hydrogens is 350 g/mol. The van der Waals surface area contributed by atoms with Gasteiger partial charge < -0.3 is 5.32 Å². The molecule has 0 bridgehead atoms. The summed E-state index contributed by atoms with van der Waals surface area (Å²) >= 11 is 8.96. The number of hydrogen-bond donors (Lipinski definition) is 1. The number of thiophene rings is 1. The maximum atomic E-state index is 11.9. The van der Waals surface area contributed by atoms with Crippen molar-refractivity contribution in [3.8, 4) is 0 Å². The molecule has 0 atom stereocenters. The quantitative estimate of drug-likeness (QED) is 0.422. The van der Waals surface area contributed by atoms with Gasteiger partial charge in [0, 0.05) is 39.9 Å². The summed E-state index contributed by atoms with van der Waals surface area (Å²) in [5, 5.41) is 3.56. The van der Waals surface area contributed by atoms with E-state index in [9.17, 15) is 9.59 Å². The highest BCUT2D eigenvalue weighted by atomic mass is 35.5. The van der Waals surface area contributed by atoms with E-state index in [2.05, 4.69) is 5.32 Å². The SMILES string of the molecule is Cc1ccc(C(=O)CCC(=O)NCCSc2ccc(Cl)cc2)s1. The summed E-state index contributed by atoms with van der Waals surface area (Å²) < 4.78 is 0. The van der Waals surface area contributed by atoms with E-state index in [1.54, 1.807) is 11.8 Å². The Morgan fingerprint density at radius 1 is 1.13 bits per heavy atom. The Morgan fingerprint density at radius 3 is 2.52 bits per heavy atom. The summed E-state index contributed by atoms with van der Waals surface area (Å²) in [5.74, 6) is 0.739. The molecule has 0 aliphatic heterocycles. The molecule has 1 aromatic carbocycles. The van der Waals surface area contributed by atoms with Crippen LogP contribution in [0.15, 0.2) is 41.3 Å². The molecule has 2 rings (SSSR count). The van der Waals surface area contributed by atoms with Crippen LogP contribution in [0.25, 0.3) is 0 Å². The van der Waals surface area contributed by atoms with Gasteiger partial charge in [-0.25, -0.2) is 0 Å². The van der Waals surface area contributed by atoms with Crippen LogP contribution in [0.2, 0.25) is 5.02 Å². The van der Waals surface area contributed by atoms with Crippen molar-refractivity contribution in [3.63, 3.8) is 0 Å². The van der Waals surface area contributed by atoms with E-state index in [4.69, 9.17) is 11.6 Å². The third kappa shape index (κ3) is 6.37. The number of amides is 1. The smallest absolute Gasteiger partial charge is 0.220 e. The summed E-state index contributed by atoms with van der Waals surface area (Å²) in [6.45, 7) is 2.55. The molecule has 0 aliphatic rings. The highest BCUT2D eigenvalue weighted by Crippen LogP contribution is 2.20. The standard InChI is InChI=1S/C17H18ClNO2S2/c1-12-2-8-16(23-12)15(20)7-9-17(21)19-10-11-22-14-5-3-13(18)4-6-14/h2-6,8H,7,9-11H2,1H3,(H,19,21). The van der Waals surface area contributed by atoms with Gasteiger partial charge in [0.1, 0.15) is 0 Å². The van der Waals surface area contributed by atoms with Crippen LogP contribution >= 0.6 is 34.7 Å². The first-order valence-corrected chi connectivity index (χ1v) is 9.47. The zero-order valence-corrected chi connectivity index (χ0v) is 15.2. The minimum absolute atomic E-state index is 0.0359. The zero-order valence-electron chi connectivity index (χ0n) is 12.8. The van der Waals surface area contributed by atoms with E-state index in [0.29, 0.717) is 11.6 Å². The van der Waals surface area contributed by atoms with E-state index in [0.717, 1.165) is 20.4 Å². The summed E-state index contributed by atoms with van der Waals surface area (Å²) in [6.07, 6.45) is 0.498. The molecule has 6 heteroatoms. The summed E-state index contributed by atoms with van der Waals surface area (Å²) in [7, 11) is 0. The van der Waals surface area contributed by atoms with Crippen molar-refractivity contribution in [3.05, 3.63) is 51.2 Å². The lowest BCUT2D eigenvalue weighted by molar-refractivity contribution is -0.120. The van der Waals surface area contributed by atoms with Crippen LogP contribution in [-0.2, 0) is 4.79 Å². The van der Waals surface area contributed by atoms with Crippen LogP contribution < -0.4 is 5.32 Å². The molecular formula is C17H18ClNO2S2.